The second kappa shape index (κ2) is 7.12. The first-order valence-corrected chi connectivity index (χ1v) is 6.56. The van der Waals surface area contributed by atoms with E-state index in [0.717, 1.165) is 0 Å². The maximum atomic E-state index is 11.9. The van der Waals surface area contributed by atoms with Crippen molar-refractivity contribution in [3.05, 3.63) is 54.1 Å². The van der Waals surface area contributed by atoms with Crippen LogP contribution in [0.2, 0.25) is 0 Å². The van der Waals surface area contributed by atoms with Crippen LogP contribution in [0.25, 0.3) is 0 Å². The number of nitrogens with one attached hydrogen (secondary N) is 1. The van der Waals surface area contributed by atoms with E-state index in [1.165, 1.54) is 13.2 Å². The minimum atomic E-state index is -0.655. The number of carbonyl (C=O) groups excluding carboxylic acids is 2. The minimum Gasteiger partial charge on any atom is -0.493 e. The van der Waals surface area contributed by atoms with Crippen LogP contribution in [-0.4, -0.2) is 25.5 Å². The summed E-state index contributed by atoms with van der Waals surface area (Å²) in [5.41, 5.74) is 6.11. The fraction of sp³-hybridized carbons (Fsp3) is 0.125. The van der Waals surface area contributed by atoms with Gasteiger partial charge in [0.25, 0.3) is 11.8 Å². The Balaban J connectivity index is 2.08. The highest BCUT2D eigenvalue weighted by Gasteiger charge is 2.16. The summed E-state index contributed by atoms with van der Waals surface area (Å²) >= 11 is 0. The Morgan fingerprint density at radius 2 is 1.82 bits per heavy atom. The van der Waals surface area contributed by atoms with Crippen molar-refractivity contribution in [2.75, 3.05) is 19.0 Å². The van der Waals surface area contributed by atoms with Gasteiger partial charge in [0.15, 0.2) is 18.1 Å². The van der Waals surface area contributed by atoms with Gasteiger partial charge in [0.1, 0.15) is 0 Å². The number of primary amides is 1. The van der Waals surface area contributed by atoms with Gasteiger partial charge in [-0.05, 0) is 24.3 Å². The molecule has 0 fully saturated rings. The van der Waals surface area contributed by atoms with Gasteiger partial charge >= 0.3 is 0 Å². The largest absolute Gasteiger partial charge is 0.493 e. The Bertz CT molecular complexity index is 671. The van der Waals surface area contributed by atoms with Crippen molar-refractivity contribution in [3.63, 3.8) is 0 Å². The average molecular weight is 300 g/mol. The summed E-state index contributed by atoms with van der Waals surface area (Å²) in [5, 5.41) is 2.68. The standard InChI is InChI=1S/C16H16N2O4/c1-21-13-9-5-8-12(16(17)20)15(13)22-10-14(19)18-11-6-3-2-4-7-11/h2-9H,10H2,1H3,(H2,17,20)(H,18,19). The summed E-state index contributed by atoms with van der Waals surface area (Å²) < 4.78 is 10.5. The molecule has 0 aromatic heterocycles. The van der Waals surface area contributed by atoms with Crippen LogP contribution in [0.1, 0.15) is 10.4 Å². The van der Waals surface area contributed by atoms with Crippen molar-refractivity contribution < 1.29 is 19.1 Å². The van der Waals surface area contributed by atoms with Crippen molar-refractivity contribution in [3.8, 4) is 11.5 Å². The van der Waals surface area contributed by atoms with Crippen molar-refractivity contribution in [2.24, 2.45) is 5.73 Å². The normalized spacial score (nSPS) is 9.86. The molecular formula is C16H16N2O4. The zero-order valence-electron chi connectivity index (χ0n) is 12.0. The number of amides is 2. The first-order valence-electron chi connectivity index (χ1n) is 6.56. The monoisotopic (exact) mass is 300 g/mol. The summed E-state index contributed by atoms with van der Waals surface area (Å²) in [4.78, 5) is 23.3. The first kappa shape index (κ1) is 15.4. The van der Waals surface area contributed by atoms with E-state index in [0.29, 0.717) is 11.4 Å². The van der Waals surface area contributed by atoms with Crippen LogP contribution in [-0.2, 0) is 4.79 Å². The molecule has 0 bridgehead atoms. The average Bonchev–Trinajstić information content (AvgIpc) is 2.53. The molecule has 2 amide bonds. The lowest BCUT2D eigenvalue weighted by atomic mass is 10.2. The smallest absolute Gasteiger partial charge is 0.262 e. The van der Waals surface area contributed by atoms with E-state index < -0.39 is 5.91 Å². The van der Waals surface area contributed by atoms with Gasteiger partial charge in [-0.25, -0.2) is 0 Å². The number of anilines is 1. The van der Waals surface area contributed by atoms with Crippen molar-refractivity contribution in [1.82, 2.24) is 0 Å². The third-order valence-electron chi connectivity index (χ3n) is 2.87. The van der Waals surface area contributed by atoms with Gasteiger partial charge in [0.2, 0.25) is 0 Å². The van der Waals surface area contributed by atoms with Gasteiger partial charge in [-0.15, -0.1) is 0 Å². The van der Waals surface area contributed by atoms with Crippen molar-refractivity contribution in [1.29, 1.82) is 0 Å². The second-order valence-electron chi connectivity index (χ2n) is 4.40. The van der Waals surface area contributed by atoms with E-state index in [9.17, 15) is 9.59 Å². The van der Waals surface area contributed by atoms with Crippen LogP contribution in [0.5, 0.6) is 11.5 Å². The van der Waals surface area contributed by atoms with Gasteiger partial charge in [0, 0.05) is 5.69 Å². The Morgan fingerprint density at radius 1 is 1.09 bits per heavy atom. The number of nitrogens with two attached hydrogens (primary N) is 1. The highest BCUT2D eigenvalue weighted by molar-refractivity contribution is 5.97. The first-order chi connectivity index (χ1) is 10.6. The third kappa shape index (κ3) is 3.76. The molecule has 114 valence electrons. The summed E-state index contributed by atoms with van der Waals surface area (Å²) in [6.07, 6.45) is 0. The van der Waals surface area contributed by atoms with Gasteiger partial charge in [-0.3, -0.25) is 9.59 Å². The molecule has 0 aliphatic heterocycles. The van der Waals surface area contributed by atoms with Crippen LogP contribution in [0.3, 0.4) is 0 Å². The van der Waals surface area contributed by atoms with E-state index >= 15 is 0 Å². The molecule has 2 aromatic carbocycles. The molecule has 0 unspecified atom stereocenters. The van der Waals surface area contributed by atoms with Gasteiger partial charge < -0.3 is 20.5 Å². The van der Waals surface area contributed by atoms with Crippen LogP contribution in [0, 0.1) is 0 Å². The second-order valence-corrected chi connectivity index (χ2v) is 4.40. The molecule has 0 aliphatic rings. The SMILES string of the molecule is COc1cccc(C(N)=O)c1OCC(=O)Nc1ccccc1. The maximum Gasteiger partial charge on any atom is 0.262 e. The third-order valence-corrected chi connectivity index (χ3v) is 2.87. The predicted molar refractivity (Wildman–Crippen MR) is 82.1 cm³/mol. The number of rotatable bonds is 6. The fourth-order valence-electron chi connectivity index (χ4n) is 1.88. The van der Waals surface area contributed by atoms with E-state index in [1.54, 1.807) is 24.3 Å². The topological polar surface area (TPSA) is 90.7 Å². The van der Waals surface area contributed by atoms with Gasteiger partial charge in [-0.2, -0.15) is 0 Å². The molecular weight excluding hydrogens is 284 g/mol. The highest BCUT2D eigenvalue weighted by atomic mass is 16.5. The van der Waals surface area contributed by atoms with Crippen LogP contribution in [0.4, 0.5) is 5.69 Å². The number of ether oxygens (including phenoxy) is 2. The van der Waals surface area contributed by atoms with Crippen LogP contribution >= 0.6 is 0 Å². The molecule has 2 rings (SSSR count). The van der Waals surface area contributed by atoms with Crippen LogP contribution in [0.15, 0.2) is 48.5 Å². The summed E-state index contributed by atoms with van der Waals surface area (Å²) in [5.74, 6) is -0.519. The molecule has 0 heterocycles. The van der Waals surface area contributed by atoms with E-state index in [-0.39, 0.29) is 23.8 Å². The Hall–Kier alpha value is -3.02. The molecule has 0 atom stereocenters. The number of para-hydroxylation sites is 2. The van der Waals surface area contributed by atoms with E-state index in [2.05, 4.69) is 5.32 Å². The lowest BCUT2D eigenvalue weighted by Gasteiger charge is -2.13. The van der Waals surface area contributed by atoms with Gasteiger partial charge in [-0.1, -0.05) is 24.3 Å². The molecule has 0 aliphatic carbocycles. The lowest BCUT2D eigenvalue weighted by Crippen LogP contribution is -2.22. The lowest BCUT2D eigenvalue weighted by molar-refractivity contribution is -0.118. The number of hydrogen-bond acceptors (Lipinski definition) is 4. The quantitative estimate of drug-likeness (QED) is 0.851. The molecule has 6 nitrogen and oxygen atoms in total. The van der Waals surface area contributed by atoms with Crippen molar-refractivity contribution >= 4 is 17.5 Å². The number of methoxy groups -OCH3 is 1. The zero-order valence-corrected chi connectivity index (χ0v) is 12.0. The van der Waals surface area contributed by atoms with Crippen LogP contribution < -0.4 is 20.5 Å². The molecule has 0 spiro atoms. The summed E-state index contributed by atoms with van der Waals surface area (Å²) in [6.45, 7) is -0.268. The Morgan fingerprint density at radius 3 is 2.45 bits per heavy atom. The number of carbonyl (C=O) groups is 2. The minimum absolute atomic E-state index is 0.153. The Kier molecular flexibility index (Phi) is 4.98. The summed E-state index contributed by atoms with van der Waals surface area (Å²) in [6, 6.07) is 13.7. The van der Waals surface area contributed by atoms with Crippen molar-refractivity contribution in [2.45, 2.75) is 0 Å². The van der Waals surface area contributed by atoms with E-state index in [4.69, 9.17) is 15.2 Å². The number of benzene rings is 2. The molecule has 6 heteroatoms. The van der Waals surface area contributed by atoms with E-state index in [1.807, 2.05) is 18.2 Å². The fourth-order valence-corrected chi connectivity index (χ4v) is 1.88. The number of hydrogen-bond donors (Lipinski definition) is 2. The molecule has 3 N–H and O–H groups in total. The van der Waals surface area contributed by atoms with Gasteiger partial charge in [0.05, 0.1) is 12.7 Å². The molecule has 0 saturated heterocycles. The Labute approximate surface area is 127 Å². The predicted octanol–water partition coefficient (Wildman–Crippen LogP) is 1.81. The zero-order chi connectivity index (χ0) is 15.9. The maximum absolute atomic E-state index is 11.9. The molecule has 0 radical (unpaired) electrons. The molecule has 0 saturated carbocycles. The summed E-state index contributed by atoms with van der Waals surface area (Å²) in [7, 11) is 1.44. The highest BCUT2D eigenvalue weighted by Crippen LogP contribution is 2.30. The molecule has 2 aromatic rings. The molecule has 22 heavy (non-hydrogen) atoms.